The molecule has 2 saturated heterocycles. The third-order valence-electron chi connectivity index (χ3n) is 5.85. The fraction of sp³-hybridized carbons (Fsp3) is 0.682. The molecule has 0 radical (unpaired) electrons. The molecule has 144 valence electrons. The summed E-state index contributed by atoms with van der Waals surface area (Å²) in [6.45, 7) is 12.3. The van der Waals surface area contributed by atoms with Crippen LogP contribution in [0, 0.1) is 24.7 Å². The van der Waals surface area contributed by atoms with E-state index in [0.717, 1.165) is 42.7 Å². The number of hydrogen-bond donors (Lipinski definition) is 0. The van der Waals surface area contributed by atoms with Crippen LogP contribution in [-0.4, -0.2) is 55.0 Å². The van der Waals surface area contributed by atoms with Gasteiger partial charge in [0.1, 0.15) is 5.75 Å². The van der Waals surface area contributed by atoms with Crippen LogP contribution in [0.1, 0.15) is 38.7 Å². The molecule has 0 saturated carbocycles. The Balaban J connectivity index is 1.41. The van der Waals surface area contributed by atoms with Gasteiger partial charge in [0.15, 0.2) is 6.61 Å². The number of hydrogen-bond acceptors (Lipinski definition) is 3. The molecular formula is C22H34N2O2. The van der Waals surface area contributed by atoms with E-state index in [1.165, 1.54) is 32.5 Å². The summed E-state index contributed by atoms with van der Waals surface area (Å²) in [5.74, 6) is 3.13. The summed E-state index contributed by atoms with van der Waals surface area (Å²) in [5.41, 5.74) is 1.15. The maximum atomic E-state index is 12.5. The van der Waals surface area contributed by atoms with Crippen molar-refractivity contribution in [3.63, 3.8) is 0 Å². The van der Waals surface area contributed by atoms with Gasteiger partial charge in [-0.05, 0) is 74.7 Å². The molecule has 3 rings (SSSR count). The highest BCUT2D eigenvalue weighted by atomic mass is 16.5. The smallest absolute Gasteiger partial charge is 0.260 e. The minimum atomic E-state index is 0.131. The number of piperidine rings is 1. The van der Waals surface area contributed by atoms with Gasteiger partial charge in [-0.2, -0.15) is 0 Å². The van der Waals surface area contributed by atoms with Crippen LogP contribution in [0.25, 0.3) is 0 Å². The maximum Gasteiger partial charge on any atom is 0.260 e. The molecule has 4 heteroatoms. The fourth-order valence-corrected chi connectivity index (χ4v) is 4.46. The van der Waals surface area contributed by atoms with Crippen LogP contribution in [-0.2, 0) is 4.79 Å². The Labute approximate surface area is 158 Å². The highest BCUT2D eigenvalue weighted by molar-refractivity contribution is 5.78. The monoisotopic (exact) mass is 358 g/mol. The van der Waals surface area contributed by atoms with Gasteiger partial charge < -0.3 is 14.5 Å². The molecule has 0 aromatic heterocycles. The zero-order valence-electron chi connectivity index (χ0n) is 16.6. The van der Waals surface area contributed by atoms with E-state index in [-0.39, 0.29) is 12.5 Å². The molecule has 0 bridgehead atoms. The topological polar surface area (TPSA) is 32.8 Å². The molecule has 1 aromatic carbocycles. The van der Waals surface area contributed by atoms with E-state index in [1.54, 1.807) is 0 Å². The lowest BCUT2D eigenvalue weighted by molar-refractivity contribution is -0.132. The molecule has 1 atom stereocenters. The number of aryl methyl sites for hydroxylation is 1. The average Bonchev–Trinajstić information content (AvgIpc) is 3.10. The van der Waals surface area contributed by atoms with Crippen molar-refractivity contribution in [2.45, 2.75) is 40.0 Å². The molecule has 2 fully saturated rings. The quantitative estimate of drug-likeness (QED) is 0.779. The molecule has 2 aliphatic rings. The molecule has 2 aliphatic heterocycles. The van der Waals surface area contributed by atoms with Crippen molar-refractivity contribution in [1.82, 2.24) is 9.80 Å². The number of carbonyl (C=O) groups is 1. The normalized spacial score (nSPS) is 22.2. The third-order valence-corrected chi connectivity index (χ3v) is 5.85. The summed E-state index contributed by atoms with van der Waals surface area (Å²) < 4.78 is 5.69. The maximum absolute atomic E-state index is 12.5. The molecule has 1 amide bonds. The van der Waals surface area contributed by atoms with Gasteiger partial charge in [0.05, 0.1) is 0 Å². The zero-order valence-corrected chi connectivity index (χ0v) is 16.6. The Morgan fingerprint density at radius 3 is 2.58 bits per heavy atom. The van der Waals surface area contributed by atoms with Gasteiger partial charge >= 0.3 is 0 Å². The third kappa shape index (κ3) is 5.23. The molecule has 0 spiro atoms. The van der Waals surface area contributed by atoms with Gasteiger partial charge in [-0.3, -0.25) is 4.79 Å². The summed E-state index contributed by atoms with van der Waals surface area (Å²) in [5, 5.41) is 0. The van der Waals surface area contributed by atoms with Crippen molar-refractivity contribution in [2.24, 2.45) is 17.8 Å². The number of likely N-dealkylation sites (tertiary alicyclic amines) is 2. The second-order valence-corrected chi connectivity index (χ2v) is 8.53. The van der Waals surface area contributed by atoms with Crippen molar-refractivity contribution in [3.05, 3.63) is 29.8 Å². The molecular weight excluding hydrogens is 324 g/mol. The van der Waals surface area contributed by atoms with Crippen LogP contribution in [0.4, 0.5) is 0 Å². The predicted octanol–water partition coefficient (Wildman–Crippen LogP) is 3.59. The highest BCUT2D eigenvalue weighted by Gasteiger charge is 2.33. The number of rotatable bonds is 6. The van der Waals surface area contributed by atoms with Crippen molar-refractivity contribution < 1.29 is 9.53 Å². The van der Waals surface area contributed by atoms with Gasteiger partial charge in [0, 0.05) is 19.6 Å². The van der Waals surface area contributed by atoms with E-state index in [0.29, 0.717) is 5.92 Å². The SMILES string of the molecule is Cc1cccc(OCC(=O)N2CC[C@H](C3CCN(CC(C)C)CC3)C2)c1. The van der Waals surface area contributed by atoms with Crippen LogP contribution >= 0.6 is 0 Å². The first-order chi connectivity index (χ1) is 12.5. The average molecular weight is 359 g/mol. The van der Waals surface area contributed by atoms with Gasteiger partial charge in [-0.1, -0.05) is 26.0 Å². The first kappa shape index (κ1) is 19.2. The summed E-state index contributed by atoms with van der Waals surface area (Å²) in [4.78, 5) is 17.1. The number of carbonyl (C=O) groups excluding carboxylic acids is 1. The lowest BCUT2D eigenvalue weighted by Gasteiger charge is -2.35. The van der Waals surface area contributed by atoms with Crippen molar-refractivity contribution >= 4 is 5.91 Å². The van der Waals surface area contributed by atoms with E-state index in [1.807, 2.05) is 36.1 Å². The van der Waals surface area contributed by atoms with Gasteiger partial charge in [0.25, 0.3) is 5.91 Å². The lowest BCUT2D eigenvalue weighted by Crippen LogP contribution is -2.39. The van der Waals surface area contributed by atoms with E-state index in [9.17, 15) is 4.79 Å². The Hall–Kier alpha value is -1.55. The summed E-state index contributed by atoms with van der Waals surface area (Å²) in [7, 11) is 0. The summed E-state index contributed by atoms with van der Waals surface area (Å²) >= 11 is 0. The Morgan fingerprint density at radius 1 is 1.15 bits per heavy atom. The van der Waals surface area contributed by atoms with Gasteiger partial charge in [0.2, 0.25) is 0 Å². The standard InChI is InChI=1S/C22H34N2O2/c1-17(2)14-23-10-7-19(8-11-23)20-9-12-24(15-20)22(25)16-26-21-6-4-5-18(3)13-21/h4-6,13,17,19-20H,7-12,14-16H2,1-3H3/t20-/m0/s1. The predicted molar refractivity (Wildman–Crippen MR) is 105 cm³/mol. The van der Waals surface area contributed by atoms with E-state index in [2.05, 4.69) is 18.7 Å². The van der Waals surface area contributed by atoms with Gasteiger partial charge in [-0.25, -0.2) is 0 Å². The molecule has 4 nitrogen and oxygen atoms in total. The van der Waals surface area contributed by atoms with Crippen LogP contribution in [0.3, 0.4) is 0 Å². The Morgan fingerprint density at radius 2 is 1.88 bits per heavy atom. The summed E-state index contributed by atoms with van der Waals surface area (Å²) in [6, 6.07) is 7.89. The van der Waals surface area contributed by atoms with Crippen LogP contribution in [0.15, 0.2) is 24.3 Å². The molecule has 2 heterocycles. The van der Waals surface area contributed by atoms with Gasteiger partial charge in [-0.15, -0.1) is 0 Å². The first-order valence-corrected chi connectivity index (χ1v) is 10.2. The summed E-state index contributed by atoms with van der Waals surface area (Å²) in [6.07, 6.45) is 3.74. The zero-order chi connectivity index (χ0) is 18.5. The first-order valence-electron chi connectivity index (χ1n) is 10.2. The molecule has 26 heavy (non-hydrogen) atoms. The molecule has 1 aromatic rings. The number of nitrogens with zero attached hydrogens (tertiary/aromatic N) is 2. The largest absolute Gasteiger partial charge is 0.484 e. The van der Waals surface area contributed by atoms with E-state index in [4.69, 9.17) is 4.74 Å². The van der Waals surface area contributed by atoms with Crippen molar-refractivity contribution in [2.75, 3.05) is 39.3 Å². The minimum absolute atomic E-state index is 0.131. The number of benzene rings is 1. The van der Waals surface area contributed by atoms with E-state index < -0.39 is 0 Å². The number of amides is 1. The van der Waals surface area contributed by atoms with Crippen molar-refractivity contribution in [3.8, 4) is 5.75 Å². The minimum Gasteiger partial charge on any atom is -0.484 e. The Bertz CT molecular complexity index is 594. The van der Waals surface area contributed by atoms with Crippen LogP contribution in [0.2, 0.25) is 0 Å². The Kier molecular flexibility index (Phi) is 6.58. The number of ether oxygens (including phenoxy) is 1. The molecule has 0 aliphatic carbocycles. The fourth-order valence-electron chi connectivity index (χ4n) is 4.46. The van der Waals surface area contributed by atoms with Crippen LogP contribution in [0.5, 0.6) is 5.75 Å². The molecule has 0 unspecified atom stereocenters. The van der Waals surface area contributed by atoms with E-state index >= 15 is 0 Å². The lowest BCUT2D eigenvalue weighted by atomic mass is 9.83. The van der Waals surface area contributed by atoms with Crippen LogP contribution < -0.4 is 4.74 Å². The highest BCUT2D eigenvalue weighted by Crippen LogP contribution is 2.32. The van der Waals surface area contributed by atoms with Crippen molar-refractivity contribution in [1.29, 1.82) is 0 Å². The molecule has 0 N–H and O–H groups in total. The second kappa shape index (κ2) is 8.90. The second-order valence-electron chi connectivity index (χ2n) is 8.53.